The van der Waals surface area contributed by atoms with Gasteiger partial charge in [0.05, 0.1) is 22.4 Å². The monoisotopic (exact) mass is 321 g/mol. The molecule has 5 nitrogen and oxygen atoms in total. The molecule has 0 unspecified atom stereocenters. The van der Waals surface area contributed by atoms with Crippen molar-refractivity contribution in [2.75, 3.05) is 5.73 Å². The lowest BCUT2D eigenvalue weighted by Crippen LogP contribution is -2.36. The van der Waals surface area contributed by atoms with Crippen LogP contribution < -0.4 is 16.9 Å². The Morgan fingerprint density at radius 1 is 1.08 bits per heavy atom. The van der Waals surface area contributed by atoms with Gasteiger partial charge in [0.15, 0.2) is 0 Å². The first-order chi connectivity index (χ1) is 11.6. The van der Waals surface area contributed by atoms with Gasteiger partial charge in [-0.3, -0.25) is 14.2 Å². The highest BCUT2D eigenvalue weighted by Gasteiger charge is 2.18. The number of nitrogens with zero attached hydrogens (tertiary/aromatic N) is 1. The van der Waals surface area contributed by atoms with Gasteiger partial charge in [-0.2, -0.15) is 0 Å². The van der Waals surface area contributed by atoms with E-state index in [0.717, 1.165) is 42.3 Å². The maximum atomic E-state index is 12.6. The van der Waals surface area contributed by atoms with Crippen molar-refractivity contribution in [3.05, 3.63) is 67.7 Å². The van der Waals surface area contributed by atoms with Gasteiger partial charge in [-0.25, -0.2) is 0 Å². The molecule has 5 heteroatoms. The van der Waals surface area contributed by atoms with Crippen LogP contribution in [-0.2, 0) is 12.8 Å². The Labute approximate surface area is 138 Å². The molecule has 0 bridgehead atoms. The van der Waals surface area contributed by atoms with Crippen molar-refractivity contribution in [3.8, 4) is 5.69 Å². The minimum atomic E-state index is -0.609. The Morgan fingerprint density at radius 2 is 1.88 bits per heavy atom. The average molecular weight is 321 g/mol. The standard InChI is InChI=1S/C19H19N3O2/c1-11-5-4-8-14(16(11)20)22-15-10-9-12-6-2-3-7-13(12)17(15)21-18(23)19(22)24/h4-5,8-10H,2-3,6-7,20H2,1H3,(H,21,23). The van der Waals surface area contributed by atoms with E-state index in [1.165, 1.54) is 10.1 Å². The number of nitrogen functional groups attached to an aromatic ring is 1. The van der Waals surface area contributed by atoms with Crippen LogP contribution in [0.3, 0.4) is 0 Å². The number of nitrogens with one attached hydrogen (secondary N) is 1. The smallest absolute Gasteiger partial charge is 0.321 e. The first-order valence-electron chi connectivity index (χ1n) is 8.23. The number of aryl methyl sites for hydroxylation is 3. The Balaban J connectivity index is 2.16. The summed E-state index contributed by atoms with van der Waals surface area (Å²) in [5, 5.41) is 0. The van der Waals surface area contributed by atoms with Crippen LogP contribution in [0.25, 0.3) is 16.7 Å². The van der Waals surface area contributed by atoms with Crippen molar-refractivity contribution >= 4 is 16.7 Å². The number of aromatic nitrogens is 2. The molecule has 1 aromatic heterocycles. The topological polar surface area (TPSA) is 80.9 Å². The summed E-state index contributed by atoms with van der Waals surface area (Å²) in [6.07, 6.45) is 4.19. The van der Waals surface area contributed by atoms with Gasteiger partial charge in [-0.1, -0.05) is 18.2 Å². The second-order valence-corrected chi connectivity index (χ2v) is 6.41. The summed E-state index contributed by atoms with van der Waals surface area (Å²) in [5.74, 6) is 0. The van der Waals surface area contributed by atoms with E-state index in [0.29, 0.717) is 16.9 Å². The quantitative estimate of drug-likeness (QED) is 0.533. The van der Waals surface area contributed by atoms with E-state index in [2.05, 4.69) is 11.1 Å². The summed E-state index contributed by atoms with van der Waals surface area (Å²) in [5.41, 5.74) is 10.8. The Bertz CT molecular complexity index is 1080. The number of hydrogen-bond acceptors (Lipinski definition) is 3. The molecule has 1 aliphatic carbocycles. The van der Waals surface area contributed by atoms with Crippen LogP contribution >= 0.6 is 0 Å². The Kier molecular flexibility index (Phi) is 3.30. The zero-order valence-electron chi connectivity index (χ0n) is 13.6. The van der Waals surface area contributed by atoms with Gasteiger partial charge in [-0.05, 0) is 61.4 Å². The Morgan fingerprint density at radius 3 is 2.71 bits per heavy atom. The number of aromatic amines is 1. The number of fused-ring (bicyclic) bond motifs is 3. The predicted octanol–water partition coefficient (Wildman–Crippen LogP) is 2.45. The van der Waals surface area contributed by atoms with E-state index in [-0.39, 0.29) is 0 Å². The predicted molar refractivity (Wildman–Crippen MR) is 96.0 cm³/mol. The average Bonchev–Trinajstić information content (AvgIpc) is 2.59. The minimum absolute atomic E-state index is 0.518. The number of para-hydroxylation sites is 1. The zero-order chi connectivity index (χ0) is 16.8. The highest BCUT2D eigenvalue weighted by molar-refractivity contribution is 5.83. The third-order valence-corrected chi connectivity index (χ3v) is 4.93. The minimum Gasteiger partial charge on any atom is -0.397 e. The van der Waals surface area contributed by atoms with E-state index in [1.807, 2.05) is 25.1 Å². The van der Waals surface area contributed by atoms with Gasteiger partial charge in [-0.15, -0.1) is 0 Å². The second kappa shape index (κ2) is 5.37. The van der Waals surface area contributed by atoms with Crippen LogP contribution in [-0.4, -0.2) is 9.55 Å². The van der Waals surface area contributed by atoms with Crippen molar-refractivity contribution in [2.45, 2.75) is 32.6 Å². The summed E-state index contributed by atoms with van der Waals surface area (Å²) in [6.45, 7) is 1.89. The summed E-state index contributed by atoms with van der Waals surface area (Å²) < 4.78 is 1.45. The lowest BCUT2D eigenvalue weighted by Gasteiger charge is -2.20. The van der Waals surface area contributed by atoms with Crippen LogP contribution in [0.5, 0.6) is 0 Å². The van der Waals surface area contributed by atoms with Crippen molar-refractivity contribution in [3.63, 3.8) is 0 Å². The van der Waals surface area contributed by atoms with Crippen LogP contribution in [0.2, 0.25) is 0 Å². The second-order valence-electron chi connectivity index (χ2n) is 6.41. The van der Waals surface area contributed by atoms with Crippen molar-refractivity contribution in [2.24, 2.45) is 0 Å². The van der Waals surface area contributed by atoms with Crippen molar-refractivity contribution < 1.29 is 0 Å². The maximum absolute atomic E-state index is 12.6. The third kappa shape index (κ3) is 2.08. The van der Waals surface area contributed by atoms with E-state index >= 15 is 0 Å². The number of rotatable bonds is 1. The molecule has 0 radical (unpaired) electrons. The van der Waals surface area contributed by atoms with Crippen LogP contribution in [0.1, 0.15) is 29.5 Å². The normalized spacial score (nSPS) is 13.9. The third-order valence-electron chi connectivity index (χ3n) is 4.93. The molecule has 2 aromatic carbocycles. The number of anilines is 1. The summed E-state index contributed by atoms with van der Waals surface area (Å²) >= 11 is 0. The number of benzene rings is 2. The van der Waals surface area contributed by atoms with Crippen molar-refractivity contribution in [1.82, 2.24) is 9.55 Å². The van der Waals surface area contributed by atoms with Gasteiger partial charge in [0.1, 0.15) is 0 Å². The Hall–Kier alpha value is -2.82. The van der Waals surface area contributed by atoms with Crippen LogP contribution in [0.4, 0.5) is 5.69 Å². The maximum Gasteiger partial charge on any atom is 0.321 e. The van der Waals surface area contributed by atoms with E-state index in [4.69, 9.17) is 5.73 Å². The number of nitrogens with two attached hydrogens (primary N) is 1. The molecule has 0 amide bonds. The van der Waals surface area contributed by atoms with E-state index in [9.17, 15) is 9.59 Å². The molecule has 0 aliphatic heterocycles. The molecule has 1 heterocycles. The molecule has 3 N–H and O–H groups in total. The first kappa shape index (κ1) is 14.8. The highest BCUT2D eigenvalue weighted by Crippen LogP contribution is 2.29. The molecule has 24 heavy (non-hydrogen) atoms. The molecule has 1 aliphatic rings. The van der Waals surface area contributed by atoms with Crippen molar-refractivity contribution in [1.29, 1.82) is 0 Å². The molecule has 0 saturated carbocycles. The summed E-state index contributed by atoms with van der Waals surface area (Å²) in [7, 11) is 0. The molecule has 122 valence electrons. The van der Waals surface area contributed by atoms with Gasteiger partial charge >= 0.3 is 11.1 Å². The summed E-state index contributed by atoms with van der Waals surface area (Å²) in [6, 6.07) is 9.50. The fourth-order valence-electron chi connectivity index (χ4n) is 3.62. The highest BCUT2D eigenvalue weighted by atomic mass is 16.2. The van der Waals surface area contributed by atoms with E-state index < -0.39 is 11.1 Å². The fraction of sp³-hybridized carbons (Fsp3) is 0.263. The largest absolute Gasteiger partial charge is 0.397 e. The molecular formula is C19H19N3O2. The lowest BCUT2D eigenvalue weighted by atomic mass is 9.90. The fourth-order valence-corrected chi connectivity index (χ4v) is 3.62. The van der Waals surface area contributed by atoms with Gasteiger partial charge < -0.3 is 10.7 Å². The molecule has 0 atom stereocenters. The number of H-pyrrole nitrogens is 1. The molecule has 0 fully saturated rings. The van der Waals surface area contributed by atoms with Gasteiger partial charge in [0.25, 0.3) is 0 Å². The summed E-state index contributed by atoms with van der Waals surface area (Å²) in [4.78, 5) is 27.7. The SMILES string of the molecule is Cc1cccc(-n2c(=O)c(=O)[nH]c3c4c(ccc32)CCCC4)c1N. The first-order valence-corrected chi connectivity index (χ1v) is 8.23. The van der Waals surface area contributed by atoms with Gasteiger partial charge in [0, 0.05) is 0 Å². The van der Waals surface area contributed by atoms with Gasteiger partial charge in [0.2, 0.25) is 0 Å². The van der Waals surface area contributed by atoms with E-state index in [1.54, 1.807) is 6.07 Å². The van der Waals surface area contributed by atoms with Crippen LogP contribution in [0, 0.1) is 6.92 Å². The number of hydrogen-bond donors (Lipinski definition) is 2. The molecule has 0 spiro atoms. The zero-order valence-corrected chi connectivity index (χ0v) is 13.6. The molecule has 4 rings (SSSR count). The molecule has 3 aromatic rings. The lowest BCUT2D eigenvalue weighted by molar-refractivity contribution is 0.688. The molecular weight excluding hydrogens is 302 g/mol. The van der Waals surface area contributed by atoms with Crippen LogP contribution in [0.15, 0.2) is 39.9 Å². The molecule has 0 saturated heterocycles.